The number of aliphatic hydroxyl groups is 1. The number of aliphatic imine (C=N–C) groups is 1. The van der Waals surface area contributed by atoms with Crippen molar-refractivity contribution in [1.82, 2.24) is 10.4 Å². The van der Waals surface area contributed by atoms with E-state index >= 15 is 0 Å². The summed E-state index contributed by atoms with van der Waals surface area (Å²) in [4.78, 5) is 19.2. The summed E-state index contributed by atoms with van der Waals surface area (Å²) in [5, 5.41) is 11.0. The molecule has 3 aromatic carbocycles. The summed E-state index contributed by atoms with van der Waals surface area (Å²) in [5.74, 6) is 0.933. The van der Waals surface area contributed by atoms with E-state index in [1.165, 1.54) is 0 Å². The molecule has 5 rings (SSSR count). The molecule has 2 atom stereocenters. The molecule has 0 aliphatic carbocycles. The molecule has 2 heterocycles. The van der Waals surface area contributed by atoms with Crippen molar-refractivity contribution in [2.24, 2.45) is 4.99 Å². The van der Waals surface area contributed by atoms with Crippen LogP contribution in [0.5, 0.6) is 5.75 Å². The van der Waals surface area contributed by atoms with E-state index in [-0.39, 0.29) is 12.5 Å². The van der Waals surface area contributed by atoms with Crippen LogP contribution >= 0.6 is 15.9 Å². The van der Waals surface area contributed by atoms with Gasteiger partial charge in [0.25, 0.3) is 5.91 Å². The largest absolute Gasteiger partial charge is 0.494 e. The fraction of sp³-hybridized carbons (Fsp3) is 0.312. The number of hydrogen-bond acceptors (Lipinski definition) is 6. The molecule has 0 radical (unpaired) electrons. The summed E-state index contributed by atoms with van der Waals surface area (Å²) in [6.45, 7) is 2.16. The molecule has 1 saturated heterocycles. The van der Waals surface area contributed by atoms with Crippen LogP contribution in [-0.2, 0) is 9.53 Å². The summed E-state index contributed by atoms with van der Waals surface area (Å²) < 4.78 is 13.2. The van der Waals surface area contributed by atoms with Crippen molar-refractivity contribution in [2.45, 2.75) is 37.3 Å². The van der Waals surface area contributed by atoms with E-state index in [0.717, 1.165) is 47.1 Å². The highest BCUT2D eigenvalue weighted by atomic mass is 79.9. The quantitative estimate of drug-likeness (QED) is 0.275. The first-order chi connectivity index (χ1) is 19.6. The molecule has 2 aliphatic rings. The number of benzene rings is 3. The first kappa shape index (κ1) is 28.1. The zero-order valence-corrected chi connectivity index (χ0v) is 23.9. The van der Waals surface area contributed by atoms with Gasteiger partial charge in [0.2, 0.25) is 5.90 Å². The maximum atomic E-state index is 14.2. The van der Waals surface area contributed by atoms with E-state index in [1.54, 1.807) is 0 Å². The van der Waals surface area contributed by atoms with Crippen molar-refractivity contribution in [1.29, 1.82) is 0 Å². The summed E-state index contributed by atoms with van der Waals surface area (Å²) in [6, 6.07) is 25.4. The van der Waals surface area contributed by atoms with E-state index in [4.69, 9.17) is 19.6 Å². The van der Waals surface area contributed by atoms with Gasteiger partial charge < -0.3 is 14.6 Å². The fourth-order valence-corrected chi connectivity index (χ4v) is 5.23. The number of ether oxygens (including phenoxy) is 2. The van der Waals surface area contributed by atoms with Crippen LogP contribution in [0.2, 0.25) is 0 Å². The SMILES string of the molecule is O=C(NN1CCCC1)[C@@]1(C/C=C/c2ccccc2)N=C(c2ccc(OCCCO)cc2)O[C@H]1c1ccc(Br)cc1. The van der Waals surface area contributed by atoms with Gasteiger partial charge in [-0.25, -0.2) is 10.0 Å². The summed E-state index contributed by atoms with van der Waals surface area (Å²) in [5.41, 5.74) is 4.63. The molecule has 1 fully saturated rings. The molecule has 2 N–H and O–H groups in total. The molecule has 0 unspecified atom stereocenters. The smallest absolute Gasteiger partial charge is 0.266 e. The number of carbonyl (C=O) groups is 1. The first-order valence-corrected chi connectivity index (χ1v) is 14.5. The number of hydrogen-bond donors (Lipinski definition) is 2. The van der Waals surface area contributed by atoms with Crippen LogP contribution < -0.4 is 10.2 Å². The van der Waals surface area contributed by atoms with Crippen LogP contribution in [0.4, 0.5) is 0 Å². The van der Waals surface area contributed by atoms with Gasteiger partial charge in [0.05, 0.1) is 6.61 Å². The Bertz CT molecular complexity index is 1320. The Morgan fingerprint density at radius 1 is 1.07 bits per heavy atom. The number of rotatable bonds is 11. The van der Waals surface area contributed by atoms with Gasteiger partial charge in [-0.15, -0.1) is 0 Å². The third-order valence-electron chi connectivity index (χ3n) is 7.11. The maximum absolute atomic E-state index is 14.2. The van der Waals surface area contributed by atoms with Crippen molar-refractivity contribution < 1.29 is 19.4 Å². The second kappa shape index (κ2) is 13.3. The number of nitrogens with one attached hydrogen (secondary N) is 1. The van der Waals surface area contributed by atoms with Gasteiger partial charge in [-0.05, 0) is 60.4 Å². The summed E-state index contributed by atoms with van der Waals surface area (Å²) >= 11 is 3.52. The number of halogens is 1. The standard InChI is InChI=1S/C32H34BrN3O4/c33-27-15-11-25(12-16-27)29-32(31(38)35-36-20-4-5-21-36,19-6-10-24-8-2-1-3-9-24)34-30(40-29)26-13-17-28(18-14-26)39-23-7-22-37/h1-3,6,8-18,29,37H,4-5,7,19-23H2,(H,35,38)/b10-6+/t29-,32-/m0/s1. The molecule has 2 aliphatic heterocycles. The lowest BCUT2D eigenvalue weighted by Crippen LogP contribution is -2.53. The molecular weight excluding hydrogens is 570 g/mol. The van der Waals surface area contributed by atoms with Gasteiger partial charge in [0, 0.05) is 42.6 Å². The molecule has 3 aromatic rings. The van der Waals surface area contributed by atoms with Gasteiger partial charge in [-0.1, -0.05) is 70.5 Å². The lowest BCUT2D eigenvalue weighted by atomic mass is 9.84. The molecule has 0 bridgehead atoms. The highest BCUT2D eigenvalue weighted by molar-refractivity contribution is 9.10. The van der Waals surface area contributed by atoms with E-state index in [1.807, 2.05) is 96.0 Å². The zero-order valence-electron chi connectivity index (χ0n) is 22.3. The molecule has 7 nitrogen and oxygen atoms in total. The van der Waals surface area contributed by atoms with Crippen LogP contribution in [0.1, 0.15) is 48.5 Å². The normalized spacial score (nSPS) is 20.9. The van der Waals surface area contributed by atoms with Gasteiger partial charge >= 0.3 is 0 Å². The molecular formula is C32H34BrN3O4. The van der Waals surface area contributed by atoms with Crippen molar-refractivity contribution in [2.75, 3.05) is 26.3 Å². The average molecular weight is 605 g/mol. The van der Waals surface area contributed by atoms with Gasteiger partial charge in [-0.2, -0.15) is 0 Å². The predicted molar refractivity (Wildman–Crippen MR) is 160 cm³/mol. The van der Waals surface area contributed by atoms with E-state index in [2.05, 4.69) is 21.4 Å². The third kappa shape index (κ3) is 6.63. The minimum absolute atomic E-state index is 0.0838. The third-order valence-corrected chi connectivity index (χ3v) is 7.64. The van der Waals surface area contributed by atoms with Crippen LogP contribution in [-0.4, -0.2) is 53.8 Å². The minimum Gasteiger partial charge on any atom is -0.494 e. The minimum atomic E-state index is -1.21. The van der Waals surface area contributed by atoms with Crippen molar-refractivity contribution in [3.63, 3.8) is 0 Å². The Hall–Kier alpha value is -3.46. The average Bonchev–Trinajstić information content (AvgIpc) is 3.63. The van der Waals surface area contributed by atoms with Gasteiger partial charge in [0.15, 0.2) is 11.6 Å². The van der Waals surface area contributed by atoms with Crippen LogP contribution in [0.15, 0.2) is 94.4 Å². The number of amides is 1. The van der Waals surface area contributed by atoms with E-state index < -0.39 is 11.6 Å². The van der Waals surface area contributed by atoms with Crippen LogP contribution in [0.3, 0.4) is 0 Å². The molecule has 0 saturated carbocycles. The molecule has 0 spiro atoms. The fourth-order valence-electron chi connectivity index (χ4n) is 4.96. The highest BCUT2D eigenvalue weighted by Gasteiger charge is 2.53. The second-order valence-corrected chi connectivity index (χ2v) is 10.9. The van der Waals surface area contributed by atoms with Gasteiger partial charge in [0.1, 0.15) is 5.75 Å². The Balaban J connectivity index is 1.51. The topological polar surface area (TPSA) is 83.4 Å². The molecule has 0 aromatic heterocycles. The molecule has 1 amide bonds. The summed E-state index contributed by atoms with van der Waals surface area (Å²) in [6.07, 6.45) is 6.43. The van der Waals surface area contributed by atoms with Crippen molar-refractivity contribution in [3.05, 3.63) is 106 Å². The Morgan fingerprint density at radius 3 is 2.50 bits per heavy atom. The Labute approximate surface area is 243 Å². The first-order valence-electron chi connectivity index (χ1n) is 13.7. The molecule has 208 valence electrons. The molecule has 40 heavy (non-hydrogen) atoms. The molecule has 8 heteroatoms. The number of nitrogens with zero attached hydrogens (tertiary/aromatic N) is 2. The second-order valence-electron chi connectivity index (χ2n) is 9.99. The van der Waals surface area contributed by atoms with Crippen molar-refractivity contribution in [3.8, 4) is 5.75 Å². The lowest BCUT2D eigenvalue weighted by Gasteiger charge is -2.31. The maximum Gasteiger partial charge on any atom is 0.266 e. The van der Waals surface area contributed by atoms with Crippen LogP contribution in [0, 0.1) is 0 Å². The number of aliphatic hydroxyl groups excluding tert-OH is 1. The number of carbonyl (C=O) groups excluding carboxylic acids is 1. The number of hydrazine groups is 1. The highest BCUT2D eigenvalue weighted by Crippen LogP contribution is 2.43. The monoisotopic (exact) mass is 603 g/mol. The Kier molecular flexibility index (Phi) is 9.31. The zero-order chi connectivity index (χ0) is 27.8. The predicted octanol–water partition coefficient (Wildman–Crippen LogP) is 5.70. The Morgan fingerprint density at radius 2 is 1.80 bits per heavy atom. The van der Waals surface area contributed by atoms with E-state index in [0.29, 0.717) is 31.1 Å². The van der Waals surface area contributed by atoms with Gasteiger partial charge in [-0.3, -0.25) is 10.2 Å². The lowest BCUT2D eigenvalue weighted by molar-refractivity contribution is -0.133. The van der Waals surface area contributed by atoms with Crippen molar-refractivity contribution >= 4 is 33.8 Å². The summed E-state index contributed by atoms with van der Waals surface area (Å²) in [7, 11) is 0. The van der Waals surface area contributed by atoms with Crippen LogP contribution in [0.25, 0.3) is 6.08 Å². The van der Waals surface area contributed by atoms with E-state index in [9.17, 15) is 4.79 Å².